The van der Waals surface area contributed by atoms with Gasteiger partial charge in [0.05, 0.1) is 10.9 Å². The Kier molecular flexibility index (Phi) is 3.38. The number of nitrogens with one attached hydrogen (secondary N) is 1. The predicted octanol–water partition coefficient (Wildman–Crippen LogP) is 1.52. The first-order chi connectivity index (χ1) is 6.93. The van der Waals surface area contributed by atoms with Crippen molar-refractivity contribution in [1.82, 2.24) is 0 Å². The minimum Gasteiger partial charge on any atom is -0.372 e. The summed E-state index contributed by atoms with van der Waals surface area (Å²) < 4.78 is 22.3. The van der Waals surface area contributed by atoms with E-state index in [0.29, 0.717) is 4.90 Å². The SMILES string of the molecule is C#CC(C)Nc1ccc(S(C)(=O)=O)cc1. The Bertz CT molecular complexity index is 468. The summed E-state index contributed by atoms with van der Waals surface area (Å²) in [6.45, 7) is 1.85. The Morgan fingerprint density at radius 1 is 1.33 bits per heavy atom. The molecule has 0 heterocycles. The first-order valence-electron chi connectivity index (χ1n) is 4.46. The molecule has 0 aliphatic carbocycles. The molecule has 1 N–H and O–H groups in total. The molecule has 0 spiro atoms. The van der Waals surface area contributed by atoms with Gasteiger partial charge in [-0.3, -0.25) is 0 Å². The largest absolute Gasteiger partial charge is 0.372 e. The van der Waals surface area contributed by atoms with Crippen molar-refractivity contribution in [3.63, 3.8) is 0 Å². The van der Waals surface area contributed by atoms with Crippen molar-refractivity contribution in [2.75, 3.05) is 11.6 Å². The molecule has 0 bridgehead atoms. The summed E-state index contributed by atoms with van der Waals surface area (Å²) in [6, 6.07) is 6.44. The number of hydrogen-bond acceptors (Lipinski definition) is 3. The van der Waals surface area contributed by atoms with Gasteiger partial charge in [0.15, 0.2) is 9.84 Å². The molecule has 4 heteroatoms. The minimum absolute atomic E-state index is 0.0749. The molecule has 0 fully saturated rings. The van der Waals surface area contributed by atoms with Crippen LogP contribution in [0.5, 0.6) is 0 Å². The highest BCUT2D eigenvalue weighted by Gasteiger charge is 2.06. The molecular formula is C11H13NO2S. The number of sulfone groups is 1. The van der Waals surface area contributed by atoms with Crippen molar-refractivity contribution in [3.05, 3.63) is 24.3 Å². The maximum Gasteiger partial charge on any atom is 0.175 e. The lowest BCUT2D eigenvalue weighted by Gasteiger charge is -2.09. The van der Waals surface area contributed by atoms with Crippen LogP contribution in [-0.2, 0) is 9.84 Å². The summed E-state index contributed by atoms with van der Waals surface area (Å²) in [4.78, 5) is 0.307. The molecule has 0 radical (unpaired) electrons. The summed E-state index contributed by atoms with van der Waals surface area (Å²) in [7, 11) is -3.12. The van der Waals surface area contributed by atoms with E-state index >= 15 is 0 Å². The van der Waals surface area contributed by atoms with Crippen LogP contribution in [0.2, 0.25) is 0 Å². The molecule has 0 aromatic heterocycles. The maximum atomic E-state index is 11.2. The summed E-state index contributed by atoms with van der Waals surface area (Å²) >= 11 is 0. The normalized spacial score (nSPS) is 12.9. The first-order valence-corrected chi connectivity index (χ1v) is 6.35. The molecule has 0 aliphatic heterocycles. The average molecular weight is 223 g/mol. The van der Waals surface area contributed by atoms with Gasteiger partial charge in [0.1, 0.15) is 0 Å². The van der Waals surface area contributed by atoms with E-state index in [1.54, 1.807) is 24.3 Å². The van der Waals surface area contributed by atoms with E-state index in [4.69, 9.17) is 6.42 Å². The van der Waals surface area contributed by atoms with Crippen molar-refractivity contribution in [3.8, 4) is 12.3 Å². The third kappa shape index (κ3) is 3.30. The van der Waals surface area contributed by atoms with Gasteiger partial charge in [0.2, 0.25) is 0 Å². The highest BCUT2D eigenvalue weighted by molar-refractivity contribution is 7.90. The van der Waals surface area contributed by atoms with Crippen LogP contribution in [0.15, 0.2) is 29.2 Å². The highest BCUT2D eigenvalue weighted by atomic mass is 32.2. The molecule has 0 saturated carbocycles. The fraction of sp³-hybridized carbons (Fsp3) is 0.273. The number of benzene rings is 1. The van der Waals surface area contributed by atoms with Gasteiger partial charge >= 0.3 is 0 Å². The zero-order valence-electron chi connectivity index (χ0n) is 8.69. The van der Waals surface area contributed by atoms with Gasteiger partial charge in [-0.25, -0.2) is 8.42 Å². The van der Waals surface area contributed by atoms with E-state index in [2.05, 4.69) is 11.2 Å². The zero-order chi connectivity index (χ0) is 11.5. The Balaban J connectivity index is 2.88. The smallest absolute Gasteiger partial charge is 0.175 e. The molecule has 1 aromatic carbocycles. The second-order valence-corrected chi connectivity index (χ2v) is 5.34. The second kappa shape index (κ2) is 4.37. The van der Waals surface area contributed by atoms with Crippen molar-refractivity contribution >= 4 is 15.5 Å². The van der Waals surface area contributed by atoms with Crippen LogP contribution in [-0.4, -0.2) is 20.7 Å². The Labute approximate surface area is 90.4 Å². The molecule has 0 aliphatic rings. The average Bonchev–Trinajstić information content (AvgIpc) is 2.17. The number of anilines is 1. The van der Waals surface area contributed by atoms with E-state index in [1.165, 1.54) is 6.26 Å². The molecule has 0 saturated heterocycles. The first kappa shape index (κ1) is 11.6. The van der Waals surface area contributed by atoms with Crippen molar-refractivity contribution in [2.45, 2.75) is 17.9 Å². The van der Waals surface area contributed by atoms with Gasteiger partial charge in [-0.2, -0.15) is 0 Å². The third-order valence-corrected chi connectivity index (χ3v) is 3.04. The third-order valence-electron chi connectivity index (χ3n) is 1.92. The molecule has 15 heavy (non-hydrogen) atoms. The standard InChI is InChI=1S/C11H13NO2S/c1-4-9(2)12-10-5-7-11(8-6-10)15(3,13)14/h1,5-9,12H,2-3H3. The van der Waals surface area contributed by atoms with E-state index < -0.39 is 9.84 Å². The molecular weight excluding hydrogens is 210 g/mol. The van der Waals surface area contributed by atoms with E-state index in [1.807, 2.05) is 6.92 Å². The van der Waals surface area contributed by atoms with Gasteiger partial charge in [0, 0.05) is 11.9 Å². The lowest BCUT2D eigenvalue weighted by Crippen LogP contribution is -2.11. The van der Waals surface area contributed by atoms with Crippen LogP contribution >= 0.6 is 0 Å². The Morgan fingerprint density at radius 3 is 2.27 bits per heavy atom. The van der Waals surface area contributed by atoms with Crippen molar-refractivity contribution < 1.29 is 8.42 Å². The molecule has 1 rings (SSSR count). The van der Waals surface area contributed by atoms with Crippen molar-refractivity contribution in [1.29, 1.82) is 0 Å². The van der Waals surface area contributed by atoms with Crippen LogP contribution in [0, 0.1) is 12.3 Å². The lowest BCUT2D eigenvalue weighted by atomic mass is 10.3. The minimum atomic E-state index is -3.12. The maximum absolute atomic E-state index is 11.2. The summed E-state index contributed by atoms with van der Waals surface area (Å²) in [5, 5.41) is 3.04. The number of rotatable bonds is 3. The van der Waals surface area contributed by atoms with E-state index in [9.17, 15) is 8.42 Å². The van der Waals surface area contributed by atoms with Crippen molar-refractivity contribution in [2.24, 2.45) is 0 Å². The molecule has 0 amide bonds. The fourth-order valence-electron chi connectivity index (χ4n) is 1.09. The lowest BCUT2D eigenvalue weighted by molar-refractivity contribution is 0.602. The Morgan fingerprint density at radius 2 is 1.87 bits per heavy atom. The van der Waals surface area contributed by atoms with Crippen LogP contribution in [0.25, 0.3) is 0 Å². The highest BCUT2D eigenvalue weighted by Crippen LogP contribution is 2.14. The Hall–Kier alpha value is -1.47. The fourth-order valence-corrected chi connectivity index (χ4v) is 1.72. The van der Waals surface area contributed by atoms with Crippen LogP contribution in [0.3, 0.4) is 0 Å². The van der Waals surface area contributed by atoms with Crippen LogP contribution in [0.1, 0.15) is 6.92 Å². The van der Waals surface area contributed by atoms with Gasteiger partial charge in [-0.1, -0.05) is 5.92 Å². The summed E-state index contributed by atoms with van der Waals surface area (Å²) in [6.07, 6.45) is 6.39. The van der Waals surface area contributed by atoms with Gasteiger partial charge in [-0.05, 0) is 31.2 Å². The second-order valence-electron chi connectivity index (χ2n) is 3.33. The monoisotopic (exact) mass is 223 g/mol. The number of terminal acetylenes is 1. The molecule has 1 aromatic rings. The van der Waals surface area contributed by atoms with E-state index in [0.717, 1.165) is 5.69 Å². The van der Waals surface area contributed by atoms with Gasteiger partial charge < -0.3 is 5.32 Å². The predicted molar refractivity (Wildman–Crippen MR) is 61.5 cm³/mol. The number of hydrogen-bond donors (Lipinski definition) is 1. The van der Waals surface area contributed by atoms with Crippen LogP contribution < -0.4 is 5.32 Å². The van der Waals surface area contributed by atoms with Gasteiger partial charge in [-0.15, -0.1) is 6.42 Å². The van der Waals surface area contributed by atoms with Gasteiger partial charge in [0.25, 0.3) is 0 Å². The molecule has 1 atom stereocenters. The topological polar surface area (TPSA) is 46.2 Å². The summed E-state index contributed by atoms with van der Waals surface area (Å²) in [5.41, 5.74) is 0.813. The molecule has 1 unspecified atom stereocenters. The van der Waals surface area contributed by atoms with Crippen LogP contribution in [0.4, 0.5) is 5.69 Å². The molecule has 80 valence electrons. The molecule has 3 nitrogen and oxygen atoms in total. The zero-order valence-corrected chi connectivity index (χ0v) is 9.51. The van der Waals surface area contributed by atoms with E-state index in [-0.39, 0.29) is 6.04 Å². The quantitative estimate of drug-likeness (QED) is 0.790. The summed E-state index contributed by atoms with van der Waals surface area (Å²) in [5.74, 6) is 2.53.